The van der Waals surface area contributed by atoms with Crippen molar-refractivity contribution in [3.63, 3.8) is 0 Å². The maximum Gasteiger partial charge on any atom is 0.103 e. The zero-order valence-corrected chi connectivity index (χ0v) is 12.8. The van der Waals surface area contributed by atoms with Crippen LogP contribution in [0.25, 0.3) is 0 Å². The smallest absolute Gasteiger partial charge is 0.103 e. The van der Waals surface area contributed by atoms with Gasteiger partial charge in [0.15, 0.2) is 0 Å². The molecule has 0 saturated carbocycles. The van der Waals surface area contributed by atoms with E-state index in [1.54, 1.807) is 11.8 Å². The summed E-state index contributed by atoms with van der Waals surface area (Å²) in [5.41, 5.74) is 3.61. The van der Waals surface area contributed by atoms with Crippen LogP contribution in [0.2, 0.25) is 0 Å². The number of aryl methyl sites for hydroxylation is 1. The molecule has 0 aliphatic rings. The van der Waals surface area contributed by atoms with Gasteiger partial charge >= 0.3 is 0 Å². The Kier molecular flexibility index (Phi) is 4.87. The summed E-state index contributed by atoms with van der Waals surface area (Å²) in [6.45, 7) is 3.96. The van der Waals surface area contributed by atoms with Crippen LogP contribution in [0.4, 0.5) is 11.4 Å². The molecule has 2 rings (SSSR count). The third kappa shape index (κ3) is 3.18. The molecule has 104 valence electrons. The Morgan fingerprint density at radius 2 is 1.62 bits per heavy atom. The van der Waals surface area contributed by atoms with E-state index in [4.69, 9.17) is 0 Å². The molecule has 0 fully saturated rings. The fraction of sp³-hybridized carbons (Fsp3) is 0.176. The Balaban J connectivity index is 2.46. The van der Waals surface area contributed by atoms with E-state index in [1.807, 2.05) is 43.3 Å². The molecular formula is C17H15N3S. The Bertz CT molecular complexity index is 739. The number of hydrogen-bond donors (Lipinski definition) is 1. The second-order valence-corrected chi connectivity index (χ2v) is 5.76. The van der Waals surface area contributed by atoms with Crippen molar-refractivity contribution in [1.82, 2.24) is 0 Å². The molecule has 0 saturated heterocycles. The first-order chi connectivity index (χ1) is 10.2. The minimum atomic E-state index is 0.606. The van der Waals surface area contributed by atoms with Crippen molar-refractivity contribution < 1.29 is 0 Å². The standard InChI is InChI=1S/C17H15N3S/c1-3-21-17-9-5-8-16(14(17)11-19)20-15-7-4-6-12(2)13(15)10-18/h4-9,20H,3H2,1-2H3. The maximum absolute atomic E-state index is 9.42. The average molecular weight is 293 g/mol. The number of anilines is 2. The Labute approximate surface area is 129 Å². The molecule has 0 aliphatic heterocycles. The summed E-state index contributed by atoms with van der Waals surface area (Å²) in [6.07, 6.45) is 0. The highest BCUT2D eigenvalue weighted by atomic mass is 32.2. The molecule has 0 atom stereocenters. The van der Waals surface area contributed by atoms with E-state index >= 15 is 0 Å². The van der Waals surface area contributed by atoms with Crippen molar-refractivity contribution >= 4 is 23.1 Å². The van der Waals surface area contributed by atoms with Crippen molar-refractivity contribution in [3.05, 3.63) is 53.1 Å². The lowest BCUT2D eigenvalue weighted by Crippen LogP contribution is -1.98. The normalized spacial score (nSPS) is 9.71. The number of rotatable bonds is 4. The minimum Gasteiger partial charge on any atom is -0.353 e. The largest absolute Gasteiger partial charge is 0.353 e. The number of nitriles is 2. The fourth-order valence-electron chi connectivity index (χ4n) is 2.09. The predicted octanol–water partition coefficient (Wildman–Crippen LogP) is 4.59. The van der Waals surface area contributed by atoms with E-state index in [1.165, 1.54) is 0 Å². The van der Waals surface area contributed by atoms with E-state index in [9.17, 15) is 10.5 Å². The van der Waals surface area contributed by atoms with Crippen LogP contribution in [0.3, 0.4) is 0 Å². The topological polar surface area (TPSA) is 59.6 Å². The van der Waals surface area contributed by atoms with Crippen molar-refractivity contribution in [1.29, 1.82) is 10.5 Å². The number of hydrogen-bond acceptors (Lipinski definition) is 4. The number of benzene rings is 2. The summed E-state index contributed by atoms with van der Waals surface area (Å²) in [7, 11) is 0. The SMILES string of the molecule is CCSc1cccc(Nc2cccc(C)c2C#N)c1C#N. The zero-order chi connectivity index (χ0) is 15.2. The highest BCUT2D eigenvalue weighted by Crippen LogP contribution is 2.31. The van der Waals surface area contributed by atoms with Gasteiger partial charge in [0.2, 0.25) is 0 Å². The van der Waals surface area contributed by atoms with E-state index in [2.05, 4.69) is 24.4 Å². The monoisotopic (exact) mass is 293 g/mol. The summed E-state index contributed by atoms with van der Waals surface area (Å²) in [5, 5.41) is 21.9. The highest BCUT2D eigenvalue weighted by Gasteiger charge is 2.11. The molecule has 0 amide bonds. The molecule has 1 N–H and O–H groups in total. The second-order valence-electron chi connectivity index (χ2n) is 4.46. The van der Waals surface area contributed by atoms with Crippen LogP contribution in [0.5, 0.6) is 0 Å². The average Bonchev–Trinajstić information content (AvgIpc) is 2.48. The third-order valence-electron chi connectivity index (χ3n) is 3.09. The molecule has 3 nitrogen and oxygen atoms in total. The molecule has 0 unspecified atom stereocenters. The molecule has 2 aromatic carbocycles. The van der Waals surface area contributed by atoms with Gasteiger partial charge in [0.25, 0.3) is 0 Å². The van der Waals surface area contributed by atoms with Crippen LogP contribution >= 0.6 is 11.8 Å². The molecule has 0 bridgehead atoms. The number of nitrogens with one attached hydrogen (secondary N) is 1. The van der Waals surface area contributed by atoms with Gasteiger partial charge < -0.3 is 5.32 Å². The van der Waals surface area contributed by atoms with E-state index < -0.39 is 0 Å². The van der Waals surface area contributed by atoms with Gasteiger partial charge in [-0.3, -0.25) is 0 Å². The summed E-state index contributed by atoms with van der Waals surface area (Å²) >= 11 is 1.64. The Morgan fingerprint density at radius 1 is 1.00 bits per heavy atom. The lowest BCUT2D eigenvalue weighted by atomic mass is 10.1. The first-order valence-corrected chi connectivity index (χ1v) is 7.62. The van der Waals surface area contributed by atoms with Crippen LogP contribution in [-0.2, 0) is 0 Å². The molecular weight excluding hydrogens is 278 g/mol. The first-order valence-electron chi connectivity index (χ1n) is 6.64. The van der Waals surface area contributed by atoms with Gasteiger partial charge in [0, 0.05) is 4.90 Å². The lowest BCUT2D eigenvalue weighted by Gasteiger charge is -2.13. The van der Waals surface area contributed by atoms with Crippen LogP contribution in [-0.4, -0.2) is 5.75 Å². The van der Waals surface area contributed by atoms with Crippen LogP contribution < -0.4 is 5.32 Å². The van der Waals surface area contributed by atoms with Gasteiger partial charge in [-0.05, 0) is 36.4 Å². The van der Waals surface area contributed by atoms with Crippen molar-refractivity contribution in [3.8, 4) is 12.1 Å². The molecule has 2 aromatic rings. The van der Waals surface area contributed by atoms with Gasteiger partial charge in [-0.2, -0.15) is 10.5 Å². The van der Waals surface area contributed by atoms with E-state index in [0.717, 1.165) is 27.6 Å². The molecule has 4 heteroatoms. The van der Waals surface area contributed by atoms with Gasteiger partial charge in [0.05, 0.1) is 22.5 Å². The second kappa shape index (κ2) is 6.83. The molecule has 0 spiro atoms. The van der Waals surface area contributed by atoms with Crippen LogP contribution in [0, 0.1) is 29.6 Å². The number of thioether (sulfide) groups is 1. The van der Waals surface area contributed by atoms with Crippen LogP contribution in [0.1, 0.15) is 23.6 Å². The Morgan fingerprint density at radius 3 is 2.24 bits per heavy atom. The van der Waals surface area contributed by atoms with Crippen molar-refractivity contribution in [2.45, 2.75) is 18.7 Å². The summed E-state index contributed by atoms with van der Waals surface area (Å²) in [4.78, 5) is 0.955. The highest BCUT2D eigenvalue weighted by molar-refractivity contribution is 7.99. The Hall–Kier alpha value is -2.43. The molecule has 21 heavy (non-hydrogen) atoms. The van der Waals surface area contributed by atoms with Gasteiger partial charge in [-0.1, -0.05) is 25.1 Å². The third-order valence-corrected chi connectivity index (χ3v) is 4.03. The van der Waals surface area contributed by atoms with Crippen molar-refractivity contribution in [2.24, 2.45) is 0 Å². The quantitative estimate of drug-likeness (QED) is 0.837. The zero-order valence-electron chi connectivity index (χ0n) is 12.0. The first kappa shape index (κ1) is 15.0. The van der Waals surface area contributed by atoms with Gasteiger partial charge in [-0.15, -0.1) is 11.8 Å². The summed E-state index contributed by atoms with van der Waals surface area (Å²) < 4.78 is 0. The van der Waals surface area contributed by atoms with Crippen molar-refractivity contribution in [2.75, 3.05) is 11.1 Å². The molecule has 0 heterocycles. The van der Waals surface area contributed by atoms with Gasteiger partial charge in [-0.25, -0.2) is 0 Å². The fourth-order valence-corrected chi connectivity index (χ4v) is 2.88. The van der Waals surface area contributed by atoms with E-state index in [0.29, 0.717) is 11.1 Å². The summed E-state index contributed by atoms with van der Waals surface area (Å²) in [6, 6.07) is 15.8. The van der Waals surface area contributed by atoms with Gasteiger partial charge in [0.1, 0.15) is 12.1 Å². The molecule has 0 aliphatic carbocycles. The molecule has 0 radical (unpaired) electrons. The predicted molar refractivity (Wildman–Crippen MR) is 86.7 cm³/mol. The van der Waals surface area contributed by atoms with E-state index in [-0.39, 0.29) is 0 Å². The summed E-state index contributed by atoms with van der Waals surface area (Å²) in [5.74, 6) is 0.909. The maximum atomic E-state index is 9.42. The van der Waals surface area contributed by atoms with Crippen LogP contribution in [0.15, 0.2) is 41.3 Å². The molecule has 0 aromatic heterocycles. The minimum absolute atomic E-state index is 0.606. The lowest BCUT2D eigenvalue weighted by molar-refractivity contribution is 1.33. The number of nitrogens with zero attached hydrogens (tertiary/aromatic N) is 2.